The number of aromatic nitrogens is 3. The molecule has 0 atom stereocenters. The molecule has 0 bridgehead atoms. The first-order valence-electron chi connectivity index (χ1n) is 7.27. The van der Waals surface area contributed by atoms with Gasteiger partial charge in [-0.05, 0) is 12.1 Å². The van der Waals surface area contributed by atoms with Crippen molar-refractivity contribution in [2.75, 3.05) is 7.05 Å². The van der Waals surface area contributed by atoms with Gasteiger partial charge in [-0.15, -0.1) is 0 Å². The molecule has 5 nitrogen and oxygen atoms in total. The zero-order valence-electron chi connectivity index (χ0n) is 12.8. The summed E-state index contributed by atoms with van der Waals surface area (Å²) < 4.78 is 0. The van der Waals surface area contributed by atoms with Crippen LogP contribution in [0.15, 0.2) is 67.1 Å². The van der Waals surface area contributed by atoms with Gasteiger partial charge in [-0.1, -0.05) is 36.4 Å². The second-order valence-electron chi connectivity index (χ2n) is 5.14. The van der Waals surface area contributed by atoms with Gasteiger partial charge in [0, 0.05) is 31.2 Å². The van der Waals surface area contributed by atoms with Crippen molar-refractivity contribution >= 4 is 5.91 Å². The Morgan fingerprint density at radius 1 is 0.957 bits per heavy atom. The third kappa shape index (κ3) is 3.58. The molecule has 2 aromatic heterocycles. The van der Waals surface area contributed by atoms with E-state index in [0.29, 0.717) is 17.9 Å². The number of carbonyl (C=O) groups is 1. The minimum Gasteiger partial charge on any atom is -0.336 e. The second-order valence-corrected chi connectivity index (χ2v) is 5.14. The Balaban J connectivity index is 1.72. The van der Waals surface area contributed by atoms with Crippen molar-refractivity contribution in [3.63, 3.8) is 0 Å². The minimum absolute atomic E-state index is 0.129. The summed E-state index contributed by atoms with van der Waals surface area (Å²) in [5.74, 6) is 0.477. The lowest BCUT2D eigenvalue weighted by Crippen LogP contribution is -2.26. The molecule has 1 amide bonds. The molecule has 0 aliphatic heterocycles. The fourth-order valence-corrected chi connectivity index (χ4v) is 2.20. The van der Waals surface area contributed by atoms with Gasteiger partial charge in [0.2, 0.25) is 0 Å². The summed E-state index contributed by atoms with van der Waals surface area (Å²) >= 11 is 0. The summed E-state index contributed by atoms with van der Waals surface area (Å²) in [7, 11) is 1.74. The molecule has 3 rings (SSSR count). The summed E-state index contributed by atoms with van der Waals surface area (Å²) in [5, 5.41) is 0. The van der Waals surface area contributed by atoms with E-state index in [1.807, 2.05) is 48.5 Å². The number of hydrogen-bond donors (Lipinski definition) is 0. The first-order valence-corrected chi connectivity index (χ1v) is 7.27. The first kappa shape index (κ1) is 14.8. The zero-order chi connectivity index (χ0) is 16.1. The molecule has 0 fully saturated rings. The number of amides is 1. The zero-order valence-corrected chi connectivity index (χ0v) is 12.8. The van der Waals surface area contributed by atoms with Crippen LogP contribution in [0.2, 0.25) is 0 Å². The van der Waals surface area contributed by atoms with Gasteiger partial charge in [-0.25, -0.2) is 9.97 Å². The molecular weight excluding hydrogens is 288 g/mol. The van der Waals surface area contributed by atoms with Crippen LogP contribution in [0.5, 0.6) is 0 Å². The van der Waals surface area contributed by atoms with Crippen LogP contribution in [0.3, 0.4) is 0 Å². The molecule has 2 heterocycles. The smallest absolute Gasteiger partial charge is 0.257 e. The van der Waals surface area contributed by atoms with Crippen molar-refractivity contribution in [1.82, 2.24) is 19.9 Å². The molecule has 0 saturated carbocycles. The topological polar surface area (TPSA) is 59.0 Å². The molecule has 0 saturated heterocycles. The standard InChI is InChI=1S/C18H16N4O/c1-22(13-16-9-5-6-10-19-16)18(23)15-11-20-17(21-12-15)14-7-3-2-4-8-14/h2-12H,13H2,1H3. The minimum atomic E-state index is -0.129. The summed E-state index contributed by atoms with van der Waals surface area (Å²) in [4.78, 5) is 26.8. The van der Waals surface area contributed by atoms with E-state index in [9.17, 15) is 4.79 Å². The summed E-state index contributed by atoms with van der Waals surface area (Å²) in [6.45, 7) is 0.445. The van der Waals surface area contributed by atoms with E-state index in [-0.39, 0.29) is 5.91 Å². The molecule has 0 N–H and O–H groups in total. The Morgan fingerprint density at radius 3 is 2.30 bits per heavy atom. The molecule has 0 spiro atoms. The summed E-state index contributed by atoms with van der Waals surface area (Å²) in [6.07, 6.45) is 4.84. The Morgan fingerprint density at radius 2 is 1.65 bits per heavy atom. The van der Waals surface area contributed by atoms with E-state index in [4.69, 9.17) is 0 Å². The van der Waals surface area contributed by atoms with E-state index >= 15 is 0 Å². The van der Waals surface area contributed by atoms with E-state index < -0.39 is 0 Å². The van der Waals surface area contributed by atoms with Gasteiger partial charge in [0.15, 0.2) is 5.82 Å². The van der Waals surface area contributed by atoms with E-state index in [1.165, 1.54) is 0 Å². The molecule has 0 radical (unpaired) electrons. The highest BCUT2D eigenvalue weighted by molar-refractivity contribution is 5.93. The lowest BCUT2D eigenvalue weighted by Gasteiger charge is -2.16. The molecule has 114 valence electrons. The summed E-state index contributed by atoms with van der Waals surface area (Å²) in [5.41, 5.74) is 2.22. The number of carbonyl (C=O) groups excluding carboxylic acids is 1. The SMILES string of the molecule is CN(Cc1ccccn1)C(=O)c1cnc(-c2ccccc2)nc1. The van der Waals surface area contributed by atoms with Gasteiger partial charge in [-0.2, -0.15) is 0 Å². The average Bonchev–Trinajstić information content (AvgIpc) is 2.63. The Bertz CT molecular complexity index is 773. The maximum absolute atomic E-state index is 12.4. The molecule has 1 aromatic carbocycles. The van der Waals surface area contributed by atoms with Gasteiger partial charge in [0.05, 0.1) is 17.8 Å². The van der Waals surface area contributed by atoms with Crippen LogP contribution in [-0.2, 0) is 6.54 Å². The third-order valence-corrected chi connectivity index (χ3v) is 3.40. The predicted octanol–water partition coefficient (Wildman–Crippen LogP) is 2.81. The number of hydrogen-bond acceptors (Lipinski definition) is 4. The van der Waals surface area contributed by atoms with Gasteiger partial charge in [0.25, 0.3) is 5.91 Å². The van der Waals surface area contributed by atoms with Gasteiger partial charge < -0.3 is 4.90 Å². The van der Waals surface area contributed by atoms with E-state index in [1.54, 1.807) is 30.5 Å². The Hall–Kier alpha value is -3.08. The number of rotatable bonds is 4. The van der Waals surface area contributed by atoms with Crippen LogP contribution < -0.4 is 0 Å². The molecule has 3 aromatic rings. The average molecular weight is 304 g/mol. The number of pyridine rings is 1. The highest BCUT2D eigenvalue weighted by Crippen LogP contribution is 2.14. The van der Waals surface area contributed by atoms with Crippen LogP contribution in [0, 0.1) is 0 Å². The van der Waals surface area contributed by atoms with Gasteiger partial charge in [0.1, 0.15) is 0 Å². The van der Waals surface area contributed by atoms with Crippen LogP contribution in [0.1, 0.15) is 16.1 Å². The largest absolute Gasteiger partial charge is 0.336 e. The maximum Gasteiger partial charge on any atom is 0.257 e. The molecular formula is C18H16N4O. The van der Waals surface area contributed by atoms with Crippen molar-refractivity contribution in [2.45, 2.75) is 6.54 Å². The van der Waals surface area contributed by atoms with Crippen molar-refractivity contribution in [1.29, 1.82) is 0 Å². The number of nitrogens with zero attached hydrogens (tertiary/aromatic N) is 4. The highest BCUT2D eigenvalue weighted by atomic mass is 16.2. The molecule has 0 aliphatic carbocycles. The van der Waals surface area contributed by atoms with E-state index in [0.717, 1.165) is 11.3 Å². The van der Waals surface area contributed by atoms with Crippen molar-refractivity contribution in [2.24, 2.45) is 0 Å². The molecule has 5 heteroatoms. The van der Waals surface area contributed by atoms with E-state index in [2.05, 4.69) is 15.0 Å². The first-order chi connectivity index (χ1) is 11.2. The van der Waals surface area contributed by atoms with Crippen LogP contribution in [-0.4, -0.2) is 32.8 Å². The predicted molar refractivity (Wildman–Crippen MR) is 87.5 cm³/mol. The third-order valence-electron chi connectivity index (χ3n) is 3.40. The second kappa shape index (κ2) is 6.79. The molecule has 0 unspecified atom stereocenters. The molecule has 23 heavy (non-hydrogen) atoms. The lowest BCUT2D eigenvalue weighted by molar-refractivity contribution is 0.0782. The van der Waals surface area contributed by atoms with Crippen molar-refractivity contribution < 1.29 is 4.79 Å². The van der Waals surface area contributed by atoms with Crippen LogP contribution >= 0.6 is 0 Å². The normalized spacial score (nSPS) is 10.3. The monoisotopic (exact) mass is 304 g/mol. The van der Waals surface area contributed by atoms with Gasteiger partial charge >= 0.3 is 0 Å². The number of benzene rings is 1. The van der Waals surface area contributed by atoms with Crippen molar-refractivity contribution in [3.8, 4) is 11.4 Å². The lowest BCUT2D eigenvalue weighted by atomic mass is 10.2. The van der Waals surface area contributed by atoms with Crippen LogP contribution in [0.25, 0.3) is 11.4 Å². The quantitative estimate of drug-likeness (QED) is 0.743. The fraction of sp³-hybridized carbons (Fsp3) is 0.111. The van der Waals surface area contributed by atoms with Gasteiger partial charge in [-0.3, -0.25) is 9.78 Å². The van der Waals surface area contributed by atoms with Crippen LogP contribution in [0.4, 0.5) is 0 Å². The molecule has 0 aliphatic rings. The fourth-order valence-electron chi connectivity index (χ4n) is 2.20. The maximum atomic E-state index is 12.4. The summed E-state index contributed by atoms with van der Waals surface area (Å²) in [6, 6.07) is 15.3. The Labute approximate surface area is 134 Å². The van der Waals surface area contributed by atoms with Crippen molar-refractivity contribution in [3.05, 3.63) is 78.4 Å². The highest BCUT2D eigenvalue weighted by Gasteiger charge is 2.13. The Kier molecular flexibility index (Phi) is 4.38.